The van der Waals surface area contributed by atoms with Gasteiger partial charge in [-0.05, 0) is 98.9 Å². The van der Waals surface area contributed by atoms with Crippen LogP contribution >= 0.6 is 0 Å². The third-order valence-corrected chi connectivity index (χ3v) is 10.5. The molecule has 2 nitrogen and oxygen atoms in total. The van der Waals surface area contributed by atoms with Crippen molar-refractivity contribution in [3.63, 3.8) is 0 Å². The Bertz CT molecular complexity index is 857. The molecule has 0 aliphatic heterocycles. The summed E-state index contributed by atoms with van der Waals surface area (Å²) < 4.78 is 0. The average Bonchev–Trinajstić information content (AvgIpc) is 3.03. The van der Waals surface area contributed by atoms with Crippen LogP contribution in [0, 0.1) is 34.0 Å². The van der Waals surface area contributed by atoms with Crippen molar-refractivity contribution in [2.75, 3.05) is 0 Å². The average molecular weight is 407 g/mol. The summed E-state index contributed by atoms with van der Waals surface area (Å²) in [5, 5.41) is 10.2. The second-order valence-corrected chi connectivity index (χ2v) is 11.5. The lowest BCUT2D eigenvalue weighted by molar-refractivity contribution is -0.140. The zero-order valence-electron chi connectivity index (χ0n) is 19.0. The van der Waals surface area contributed by atoms with Crippen LogP contribution in [0.3, 0.4) is 0 Å². The summed E-state index contributed by atoms with van der Waals surface area (Å²) in [6, 6.07) is 10.7. The van der Waals surface area contributed by atoms with Gasteiger partial charge in [-0.15, -0.1) is 0 Å². The molecule has 1 N–H and O–H groups in total. The highest BCUT2D eigenvalue weighted by Crippen LogP contribution is 2.70. The van der Waals surface area contributed by atoms with E-state index in [2.05, 4.69) is 50.3 Å². The number of aliphatic hydroxyl groups is 1. The fourth-order valence-corrected chi connectivity index (χ4v) is 8.71. The van der Waals surface area contributed by atoms with Crippen LogP contribution in [0.1, 0.15) is 77.7 Å². The minimum atomic E-state index is -0.211. The monoisotopic (exact) mass is 406 g/mol. The lowest BCUT2D eigenvalue weighted by Crippen LogP contribution is -2.54. The van der Waals surface area contributed by atoms with E-state index in [0.717, 1.165) is 44.4 Å². The number of carbonyl (C=O) groups excluding carboxylic acids is 1. The summed E-state index contributed by atoms with van der Waals surface area (Å²) in [6.45, 7) is 6.82. The van der Waals surface area contributed by atoms with Gasteiger partial charge in [0.1, 0.15) is 5.78 Å². The Morgan fingerprint density at radius 2 is 1.77 bits per heavy atom. The number of hydrogen-bond acceptors (Lipinski definition) is 2. The van der Waals surface area contributed by atoms with E-state index in [1.165, 1.54) is 30.4 Å². The van der Waals surface area contributed by atoms with Crippen LogP contribution in [-0.4, -0.2) is 17.0 Å². The Morgan fingerprint density at radius 3 is 2.50 bits per heavy atom. The minimum Gasteiger partial charge on any atom is -0.393 e. The van der Waals surface area contributed by atoms with E-state index in [0.29, 0.717) is 17.6 Å². The van der Waals surface area contributed by atoms with Crippen molar-refractivity contribution in [3.05, 3.63) is 47.5 Å². The van der Waals surface area contributed by atoms with Crippen molar-refractivity contribution in [1.82, 2.24) is 0 Å². The molecule has 4 aliphatic rings. The number of Topliss-reactive ketones (excluding diaryl/α,β-unsaturated/α-hetero) is 1. The number of carbonyl (C=O) groups is 1. The lowest BCUT2D eigenvalue weighted by atomic mass is 9.45. The van der Waals surface area contributed by atoms with Gasteiger partial charge in [0, 0.05) is 5.41 Å². The first-order valence-corrected chi connectivity index (χ1v) is 12.2. The van der Waals surface area contributed by atoms with E-state index in [9.17, 15) is 9.90 Å². The molecule has 0 saturated heterocycles. The molecule has 162 valence electrons. The largest absolute Gasteiger partial charge is 0.393 e. The summed E-state index contributed by atoms with van der Waals surface area (Å²) in [5.74, 6) is 2.48. The van der Waals surface area contributed by atoms with Crippen LogP contribution in [0.25, 0.3) is 0 Å². The molecular weight excluding hydrogens is 368 g/mol. The molecule has 1 aromatic carbocycles. The van der Waals surface area contributed by atoms with Crippen molar-refractivity contribution < 1.29 is 9.90 Å². The molecule has 7 atom stereocenters. The summed E-state index contributed by atoms with van der Waals surface area (Å²) in [5.41, 5.74) is 3.01. The summed E-state index contributed by atoms with van der Waals surface area (Å²) in [7, 11) is 0. The molecule has 2 heteroatoms. The van der Waals surface area contributed by atoms with Crippen molar-refractivity contribution in [2.45, 2.75) is 84.7 Å². The van der Waals surface area contributed by atoms with E-state index >= 15 is 0 Å². The smallest absolute Gasteiger partial charge is 0.136 e. The van der Waals surface area contributed by atoms with Gasteiger partial charge in [-0.3, -0.25) is 4.79 Å². The quantitative estimate of drug-likeness (QED) is 0.613. The van der Waals surface area contributed by atoms with Crippen LogP contribution in [0.5, 0.6) is 0 Å². The number of fused-ring (bicyclic) bond motifs is 5. The first-order chi connectivity index (χ1) is 14.3. The molecule has 0 radical (unpaired) electrons. The third kappa shape index (κ3) is 2.75. The van der Waals surface area contributed by atoms with Crippen LogP contribution in [0.2, 0.25) is 0 Å². The Balaban J connectivity index is 1.50. The van der Waals surface area contributed by atoms with Crippen molar-refractivity contribution in [3.8, 4) is 0 Å². The van der Waals surface area contributed by atoms with E-state index in [4.69, 9.17) is 0 Å². The number of allylic oxidation sites excluding steroid dienone is 1. The molecule has 30 heavy (non-hydrogen) atoms. The van der Waals surface area contributed by atoms with Gasteiger partial charge in [0.05, 0.1) is 6.10 Å². The zero-order chi connectivity index (χ0) is 21.1. The molecule has 5 rings (SSSR count). The van der Waals surface area contributed by atoms with E-state index in [1.807, 2.05) is 6.92 Å². The highest BCUT2D eigenvalue weighted by atomic mass is 16.3. The maximum absolute atomic E-state index is 13.3. The number of benzene rings is 1. The van der Waals surface area contributed by atoms with Crippen LogP contribution in [0.15, 0.2) is 42.0 Å². The van der Waals surface area contributed by atoms with Gasteiger partial charge < -0.3 is 5.11 Å². The first-order valence-electron chi connectivity index (χ1n) is 12.2. The van der Waals surface area contributed by atoms with Gasteiger partial charge in [0.25, 0.3) is 0 Å². The molecule has 3 fully saturated rings. The van der Waals surface area contributed by atoms with Crippen molar-refractivity contribution in [1.29, 1.82) is 0 Å². The standard InChI is InChI=1S/C28H38O2/c1-19(29)28(18-20-7-5-4-6-8-20)16-13-25-23-10-9-21-17-22(30)11-14-26(21,2)24(23)12-15-27(25,28)3/h4-9,22-25,30H,10-18H2,1-3H3/t22-,23?,24?,25?,26-,27?,28-/m0/s1. The number of aliphatic hydroxyl groups excluding tert-OH is 1. The van der Waals surface area contributed by atoms with Crippen molar-refractivity contribution in [2.24, 2.45) is 34.0 Å². The van der Waals surface area contributed by atoms with Gasteiger partial charge in [0.2, 0.25) is 0 Å². The summed E-state index contributed by atoms with van der Waals surface area (Å²) >= 11 is 0. The Morgan fingerprint density at radius 1 is 1.03 bits per heavy atom. The second-order valence-electron chi connectivity index (χ2n) is 11.5. The molecule has 4 aliphatic carbocycles. The maximum Gasteiger partial charge on any atom is 0.136 e. The van der Waals surface area contributed by atoms with Gasteiger partial charge in [0.15, 0.2) is 0 Å². The Kier molecular flexibility index (Phi) is 4.82. The van der Waals surface area contributed by atoms with Crippen LogP contribution in [0.4, 0.5) is 0 Å². The molecule has 3 saturated carbocycles. The molecular formula is C28H38O2. The van der Waals surface area contributed by atoms with Gasteiger partial charge in [-0.1, -0.05) is 55.8 Å². The lowest BCUT2D eigenvalue weighted by Gasteiger charge is -2.59. The fourth-order valence-electron chi connectivity index (χ4n) is 8.71. The van der Waals surface area contributed by atoms with E-state index in [-0.39, 0.29) is 22.3 Å². The third-order valence-electron chi connectivity index (χ3n) is 10.5. The first kappa shape index (κ1) is 20.5. The molecule has 0 heterocycles. The number of ketones is 1. The minimum absolute atomic E-state index is 0.103. The second kappa shape index (κ2) is 7.05. The molecule has 0 amide bonds. The van der Waals surface area contributed by atoms with Crippen LogP contribution < -0.4 is 0 Å². The number of hydrogen-bond donors (Lipinski definition) is 1. The molecule has 4 unspecified atom stereocenters. The normalized spacial score (nSPS) is 45.1. The van der Waals surface area contributed by atoms with E-state index < -0.39 is 0 Å². The van der Waals surface area contributed by atoms with Gasteiger partial charge in [-0.25, -0.2) is 0 Å². The van der Waals surface area contributed by atoms with Gasteiger partial charge >= 0.3 is 0 Å². The molecule has 1 aromatic rings. The molecule has 0 aromatic heterocycles. The maximum atomic E-state index is 13.3. The Labute approximate surface area is 182 Å². The van der Waals surface area contributed by atoms with E-state index in [1.54, 1.807) is 0 Å². The van der Waals surface area contributed by atoms with Crippen molar-refractivity contribution >= 4 is 5.78 Å². The Hall–Kier alpha value is -1.41. The highest BCUT2D eigenvalue weighted by molar-refractivity contribution is 5.84. The van der Waals surface area contributed by atoms with Crippen LogP contribution in [-0.2, 0) is 11.2 Å². The predicted octanol–water partition coefficient (Wildman–Crippen LogP) is 6.13. The highest BCUT2D eigenvalue weighted by Gasteiger charge is 2.65. The molecule has 0 spiro atoms. The number of rotatable bonds is 3. The SMILES string of the molecule is CC(=O)[C@@]1(Cc2ccccc2)CCC2C3CC=C4C[C@@H](O)CC[C@]4(C)C3CCC21C. The summed E-state index contributed by atoms with van der Waals surface area (Å²) in [6.07, 6.45) is 12.0. The summed E-state index contributed by atoms with van der Waals surface area (Å²) in [4.78, 5) is 13.3. The topological polar surface area (TPSA) is 37.3 Å². The predicted molar refractivity (Wildman–Crippen MR) is 121 cm³/mol. The van der Waals surface area contributed by atoms with Gasteiger partial charge in [-0.2, -0.15) is 0 Å². The zero-order valence-corrected chi connectivity index (χ0v) is 19.0. The molecule has 0 bridgehead atoms. The fraction of sp³-hybridized carbons (Fsp3) is 0.679.